The summed E-state index contributed by atoms with van der Waals surface area (Å²) in [6.45, 7) is 0. The summed E-state index contributed by atoms with van der Waals surface area (Å²) in [5, 5.41) is 0. The van der Waals surface area contributed by atoms with Gasteiger partial charge in [0.05, 0.1) is 0 Å². The molecule has 0 amide bonds. The number of rotatable bonds is 0. The molecule has 0 fully saturated rings. The van der Waals surface area contributed by atoms with Crippen LogP contribution in [-0.4, -0.2) is 115 Å². The van der Waals surface area contributed by atoms with Crippen LogP contribution >= 0.6 is 0 Å². The van der Waals surface area contributed by atoms with Gasteiger partial charge in [0.25, 0.3) is 0 Å². The standard InChI is InChI=1S/Al.Ba.Ca.Si. The molecule has 0 bridgehead atoms. The van der Waals surface area contributed by atoms with E-state index >= 15 is 0 Å². The molecule has 4 heavy (non-hydrogen) atoms. The molecule has 0 spiro atoms. The summed E-state index contributed by atoms with van der Waals surface area (Å²) in [7, 11) is 0. The second-order valence-electron chi connectivity index (χ2n) is 0. The Hall–Kier alpha value is 3.58. The third-order valence-corrected chi connectivity index (χ3v) is 0. The summed E-state index contributed by atoms with van der Waals surface area (Å²) < 4.78 is 0. The molecule has 0 aromatic carbocycles. The molecular weight excluding hydrogens is 232 g/mol. The first-order chi connectivity index (χ1) is 0. The van der Waals surface area contributed by atoms with E-state index < -0.39 is 0 Å². The van der Waals surface area contributed by atoms with Crippen LogP contribution in [0.15, 0.2) is 0 Å². The minimum Gasteiger partial charge on any atom is 0 e. The average Bonchev–Trinajstić information content (AvgIpc) is 0. The van der Waals surface area contributed by atoms with E-state index in [0.29, 0.717) is 0 Å². The van der Waals surface area contributed by atoms with E-state index in [4.69, 9.17) is 0 Å². The van der Waals surface area contributed by atoms with Crippen molar-refractivity contribution in [1.29, 1.82) is 0 Å². The molecular formula is AlBaCaSi. The van der Waals surface area contributed by atoms with Crippen molar-refractivity contribution in [3.63, 3.8) is 0 Å². The SMILES string of the molecule is [Al].[Ba].[Ca].[Si]. The zero-order valence-electron chi connectivity index (χ0n) is 2.49. The van der Waals surface area contributed by atoms with Gasteiger partial charge >= 0.3 is 0 Å². The fourth-order valence-electron chi connectivity index (χ4n) is 0. The van der Waals surface area contributed by atoms with Gasteiger partial charge in [-0.1, -0.05) is 0 Å². The molecule has 0 aromatic rings. The van der Waals surface area contributed by atoms with Crippen LogP contribution < -0.4 is 0 Å². The topological polar surface area (TPSA) is 0 Å². The number of hydrogen-bond acceptors (Lipinski definition) is 0. The molecule has 0 unspecified atom stereocenters. The van der Waals surface area contributed by atoms with E-state index in [2.05, 4.69) is 0 Å². The molecule has 0 nitrogen and oxygen atoms in total. The van der Waals surface area contributed by atoms with Crippen molar-refractivity contribution in [2.75, 3.05) is 0 Å². The van der Waals surface area contributed by atoms with Gasteiger partial charge in [-0.15, -0.1) is 0 Å². The van der Waals surface area contributed by atoms with Crippen LogP contribution in [0.1, 0.15) is 0 Å². The molecule has 11 valence electrons. The maximum Gasteiger partial charge on any atom is 0 e. The van der Waals surface area contributed by atoms with Gasteiger partial charge in [-0.25, -0.2) is 0 Å². The number of hydrogen-bond donors (Lipinski definition) is 0. The van der Waals surface area contributed by atoms with Crippen LogP contribution in [0, 0.1) is 0 Å². The Morgan fingerprint density at radius 1 is 1.00 bits per heavy atom. The normalized spacial score (nSPS) is 0. The van der Waals surface area contributed by atoms with E-state index in [1.165, 1.54) is 0 Å². The molecule has 0 aliphatic carbocycles. The summed E-state index contributed by atoms with van der Waals surface area (Å²) in [5.74, 6) is 0. The zero-order valence-corrected chi connectivity index (χ0v) is 11.3. The van der Waals surface area contributed by atoms with Crippen molar-refractivity contribution in [2.24, 2.45) is 0 Å². The van der Waals surface area contributed by atoms with Gasteiger partial charge in [0, 0.05) is 115 Å². The summed E-state index contributed by atoms with van der Waals surface area (Å²) in [4.78, 5) is 0. The Balaban J connectivity index is 0. The predicted octanol–water partition coefficient (Wildman–Crippen LogP) is -1.52. The van der Waals surface area contributed by atoms with Crippen molar-refractivity contribution in [1.82, 2.24) is 0 Å². The summed E-state index contributed by atoms with van der Waals surface area (Å²) in [5.41, 5.74) is 0. The second kappa shape index (κ2) is 16.0. The van der Waals surface area contributed by atoms with Crippen molar-refractivity contribution < 1.29 is 0 Å². The Labute approximate surface area is 112 Å². The molecule has 0 saturated heterocycles. The fourth-order valence-corrected chi connectivity index (χ4v) is 0. The third-order valence-electron chi connectivity index (χ3n) is 0. The second-order valence-corrected chi connectivity index (χ2v) is 0. The van der Waals surface area contributed by atoms with Gasteiger partial charge in [-0.3, -0.25) is 0 Å². The van der Waals surface area contributed by atoms with Crippen molar-refractivity contribution in [2.45, 2.75) is 0 Å². The van der Waals surface area contributed by atoms with Crippen LogP contribution in [0.5, 0.6) is 0 Å². The monoisotopic (exact) mass is 233 g/mol. The molecule has 0 heterocycles. The van der Waals surface area contributed by atoms with Gasteiger partial charge < -0.3 is 0 Å². The maximum atomic E-state index is 0. The Bertz CT molecular complexity index is 8.00. The van der Waals surface area contributed by atoms with Gasteiger partial charge in [-0.2, -0.15) is 0 Å². The predicted molar refractivity (Wildman–Crippen MR) is 23.0 cm³/mol. The van der Waals surface area contributed by atoms with E-state index in [9.17, 15) is 0 Å². The van der Waals surface area contributed by atoms with Crippen LogP contribution in [0.2, 0.25) is 0 Å². The zero-order chi connectivity index (χ0) is 0. The smallest absolute Gasteiger partial charge is 0 e. The molecule has 0 aromatic heterocycles. The minimum atomic E-state index is 0. The molecule has 4 heteroatoms. The van der Waals surface area contributed by atoms with Crippen molar-refractivity contribution in [3.8, 4) is 0 Å². The van der Waals surface area contributed by atoms with Crippen molar-refractivity contribution in [3.05, 3.63) is 0 Å². The first kappa shape index (κ1) is 25.6. The molecule has 11 radical (unpaired) electrons. The van der Waals surface area contributed by atoms with E-state index in [0.717, 1.165) is 0 Å². The van der Waals surface area contributed by atoms with Crippen molar-refractivity contribution >= 4 is 115 Å². The van der Waals surface area contributed by atoms with Gasteiger partial charge in [0.2, 0.25) is 0 Å². The van der Waals surface area contributed by atoms with E-state index in [-0.39, 0.29) is 115 Å². The first-order valence-electron chi connectivity index (χ1n) is 0. The Morgan fingerprint density at radius 2 is 1.00 bits per heavy atom. The molecule has 0 rings (SSSR count). The average molecular weight is 232 g/mol. The molecule has 0 aliphatic rings. The van der Waals surface area contributed by atoms with Crippen LogP contribution in [-0.2, 0) is 0 Å². The van der Waals surface area contributed by atoms with Crippen LogP contribution in [0.4, 0.5) is 0 Å². The largest absolute Gasteiger partial charge is 0 e. The summed E-state index contributed by atoms with van der Waals surface area (Å²) in [6.07, 6.45) is 0. The fraction of sp³-hybridized carbons (Fsp3) is 0. The van der Waals surface area contributed by atoms with Gasteiger partial charge in [0.1, 0.15) is 0 Å². The van der Waals surface area contributed by atoms with Crippen LogP contribution in [0.3, 0.4) is 0 Å². The molecule has 0 aliphatic heterocycles. The van der Waals surface area contributed by atoms with E-state index in [1.54, 1.807) is 0 Å². The molecule has 0 atom stereocenters. The Morgan fingerprint density at radius 3 is 1.00 bits per heavy atom. The van der Waals surface area contributed by atoms with Gasteiger partial charge in [-0.05, 0) is 0 Å². The summed E-state index contributed by atoms with van der Waals surface area (Å²) in [6, 6.07) is 0. The summed E-state index contributed by atoms with van der Waals surface area (Å²) >= 11 is 0. The maximum absolute atomic E-state index is 0. The molecule has 0 saturated carbocycles. The quantitative estimate of drug-likeness (QED) is 0.445. The van der Waals surface area contributed by atoms with Crippen LogP contribution in [0.25, 0.3) is 0 Å². The minimum absolute atomic E-state index is 0. The third kappa shape index (κ3) is 9.13. The Kier molecular flexibility index (Phi) is 102. The first-order valence-corrected chi connectivity index (χ1v) is 0. The van der Waals surface area contributed by atoms with Gasteiger partial charge in [0.15, 0.2) is 0 Å². The van der Waals surface area contributed by atoms with E-state index in [1.807, 2.05) is 0 Å². The molecule has 0 N–H and O–H groups in total.